The molecule has 0 aromatic carbocycles. The molecule has 0 heterocycles. The Balaban J connectivity index is 3.54. The zero-order valence-electron chi connectivity index (χ0n) is 8.39. The van der Waals surface area contributed by atoms with Crippen molar-refractivity contribution in [2.75, 3.05) is 13.6 Å². The monoisotopic (exact) mass is 173 g/mol. The molecule has 0 rings (SSSR count). The first-order valence-electron chi connectivity index (χ1n) is 4.42. The minimum absolute atomic E-state index is 0.0226. The summed E-state index contributed by atoms with van der Waals surface area (Å²) < 4.78 is 5.13. The standard InChI is InChI=1S/C9H19NO2/c1-7(2)8(3)12-9(11)5-6-10-4/h7-8,10H,5-6H2,1-4H3. The smallest absolute Gasteiger partial charge is 0.307 e. The van der Waals surface area contributed by atoms with Gasteiger partial charge in [0.25, 0.3) is 0 Å². The van der Waals surface area contributed by atoms with E-state index in [1.165, 1.54) is 0 Å². The van der Waals surface area contributed by atoms with Crippen LogP contribution < -0.4 is 5.32 Å². The van der Waals surface area contributed by atoms with Crippen molar-refractivity contribution in [3.8, 4) is 0 Å². The third-order valence-corrected chi connectivity index (χ3v) is 1.84. The number of carbonyl (C=O) groups is 1. The lowest BCUT2D eigenvalue weighted by Crippen LogP contribution is -2.22. The lowest BCUT2D eigenvalue weighted by Gasteiger charge is -2.16. The fourth-order valence-corrected chi connectivity index (χ4v) is 0.629. The minimum Gasteiger partial charge on any atom is -0.462 e. The predicted molar refractivity (Wildman–Crippen MR) is 48.9 cm³/mol. The summed E-state index contributed by atoms with van der Waals surface area (Å²) in [5, 5.41) is 2.90. The van der Waals surface area contributed by atoms with E-state index in [-0.39, 0.29) is 12.1 Å². The molecule has 0 fully saturated rings. The molecule has 0 amide bonds. The molecule has 0 aliphatic rings. The zero-order chi connectivity index (χ0) is 9.56. The first-order chi connectivity index (χ1) is 5.57. The van der Waals surface area contributed by atoms with Crippen LogP contribution in [0.4, 0.5) is 0 Å². The number of esters is 1. The molecule has 0 saturated heterocycles. The fourth-order valence-electron chi connectivity index (χ4n) is 0.629. The van der Waals surface area contributed by atoms with Crippen molar-refractivity contribution < 1.29 is 9.53 Å². The van der Waals surface area contributed by atoms with E-state index in [1.54, 1.807) is 0 Å². The van der Waals surface area contributed by atoms with Gasteiger partial charge in [-0.15, -0.1) is 0 Å². The summed E-state index contributed by atoms with van der Waals surface area (Å²) in [7, 11) is 1.82. The average Bonchev–Trinajstić information content (AvgIpc) is 2.00. The van der Waals surface area contributed by atoms with Gasteiger partial charge in [0.2, 0.25) is 0 Å². The summed E-state index contributed by atoms with van der Waals surface area (Å²) in [4.78, 5) is 11.1. The van der Waals surface area contributed by atoms with Gasteiger partial charge in [-0.05, 0) is 19.9 Å². The minimum atomic E-state index is -0.120. The SMILES string of the molecule is CNCCC(=O)OC(C)C(C)C. The maximum atomic E-state index is 11.1. The van der Waals surface area contributed by atoms with E-state index in [4.69, 9.17) is 4.74 Å². The van der Waals surface area contributed by atoms with Crippen LogP contribution in [0.15, 0.2) is 0 Å². The Hall–Kier alpha value is -0.570. The van der Waals surface area contributed by atoms with Gasteiger partial charge in [-0.3, -0.25) is 4.79 Å². The molecule has 0 aliphatic heterocycles. The summed E-state index contributed by atoms with van der Waals surface area (Å²) in [6.07, 6.45) is 0.474. The summed E-state index contributed by atoms with van der Waals surface area (Å²) in [6.45, 7) is 6.68. The molecule has 12 heavy (non-hydrogen) atoms. The van der Waals surface area contributed by atoms with E-state index in [0.717, 1.165) is 0 Å². The average molecular weight is 173 g/mol. The molecule has 3 nitrogen and oxygen atoms in total. The second-order valence-corrected chi connectivity index (χ2v) is 3.29. The summed E-state index contributed by atoms with van der Waals surface area (Å²) >= 11 is 0. The van der Waals surface area contributed by atoms with Crippen molar-refractivity contribution in [3.05, 3.63) is 0 Å². The van der Waals surface area contributed by atoms with Gasteiger partial charge in [0, 0.05) is 6.54 Å². The molecule has 0 aliphatic carbocycles. The van der Waals surface area contributed by atoms with Crippen LogP contribution in [-0.4, -0.2) is 25.7 Å². The first kappa shape index (κ1) is 11.4. The molecule has 0 aromatic heterocycles. The van der Waals surface area contributed by atoms with Crippen LogP contribution in [0.1, 0.15) is 27.2 Å². The van der Waals surface area contributed by atoms with Crippen molar-refractivity contribution in [1.29, 1.82) is 0 Å². The summed E-state index contributed by atoms with van der Waals surface area (Å²) in [6, 6.07) is 0. The van der Waals surface area contributed by atoms with Crippen molar-refractivity contribution in [2.24, 2.45) is 5.92 Å². The highest BCUT2D eigenvalue weighted by molar-refractivity contribution is 5.69. The maximum Gasteiger partial charge on any atom is 0.307 e. The van der Waals surface area contributed by atoms with Crippen LogP contribution >= 0.6 is 0 Å². The van der Waals surface area contributed by atoms with Crippen molar-refractivity contribution >= 4 is 5.97 Å². The molecule has 0 radical (unpaired) electrons. The topological polar surface area (TPSA) is 38.3 Å². The van der Waals surface area contributed by atoms with E-state index < -0.39 is 0 Å². The Bertz CT molecular complexity index is 134. The molecule has 3 heteroatoms. The van der Waals surface area contributed by atoms with Crippen LogP contribution in [0.3, 0.4) is 0 Å². The van der Waals surface area contributed by atoms with E-state index >= 15 is 0 Å². The first-order valence-corrected chi connectivity index (χ1v) is 4.42. The Morgan fingerprint density at radius 3 is 2.42 bits per heavy atom. The molecule has 0 bridgehead atoms. The number of hydrogen-bond acceptors (Lipinski definition) is 3. The largest absolute Gasteiger partial charge is 0.462 e. The fraction of sp³-hybridized carbons (Fsp3) is 0.889. The second-order valence-electron chi connectivity index (χ2n) is 3.29. The normalized spacial score (nSPS) is 13.1. The third-order valence-electron chi connectivity index (χ3n) is 1.84. The van der Waals surface area contributed by atoms with Crippen LogP contribution in [-0.2, 0) is 9.53 Å². The number of hydrogen-bond donors (Lipinski definition) is 1. The van der Waals surface area contributed by atoms with Crippen LogP contribution in [0.2, 0.25) is 0 Å². The number of ether oxygens (including phenoxy) is 1. The Morgan fingerprint density at radius 2 is 2.00 bits per heavy atom. The van der Waals surface area contributed by atoms with Gasteiger partial charge in [-0.1, -0.05) is 13.8 Å². The van der Waals surface area contributed by atoms with E-state index in [2.05, 4.69) is 5.32 Å². The Labute approximate surface area is 74.5 Å². The van der Waals surface area contributed by atoms with E-state index in [1.807, 2.05) is 27.8 Å². The molecule has 72 valence electrons. The number of rotatable bonds is 5. The lowest BCUT2D eigenvalue weighted by atomic mass is 10.1. The maximum absolute atomic E-state index is 11.1. The van der Waals surface area contributed by atoms with Crippen molar-refractivity contribution in [1.82, 2.24) is 5.32 Å². The second kappa shape index (κ2) is 6.00. The van der Waals surface area contributed by atoms with Gasteiger partial charge in [-0.25, -0.2) is 0 Å². The molecule has 0 aromatic rings. The summed E-state index contributed by atoms with van der Waals surface area (Å²) in [5.41, 5.74) is 0. The van der Waals surface area contributed by atoms with E-state index in [9.17, 15) is 4.79 Å². The van der Waals surface area contributed by atoms with Crippen LogP contribution in [0.5, 0.6) is 0 Å². The molecule has 1 atom stereocenters. The molecule has 0 spiro atoms. The Kier molecular flexibility index (Phi) is 5.72. The Morgan fingerprint density at radius 1 is 1.42 bits per heavy atom. The quantitative estimate of drug-likeness (QED) is 0.634. The van der Waals surface area contributed by atoms with Gasteiger partial charge >= 0.3 is 5.97 Å². The van der Waals surface area contributed by atoms with Crippen molar-refractivity contribution in [2.45, 2.75) is 33.3 Å². The van der Waals surface area contributed by atoms with Gasteiger partial charge < -0.3 is 10.1 Å². The van der Waals surface area contributed by atoms with Gasteiger partial charge in [0.15, 0.2) is 0 Å². The predicted octanol–water partition coefficient (Wildman–Crippen LogP) is 1.18. The molecule has 1 unspecified atom stereocenters. The molecular formula is C9H19NO2. The highest BCUT2D eigenvalue weighted by Gasteiger charge is 2.11. The van der Waals surface area contributed by atoms with Crippen molar-refractivity contribution in [3.63, 3.8) is 0 Å². The van der Waals surface area contributed by atoms with Gasteiger partial charge in [0.1, 0.15) is 6.10 Å². The highest BCUT2D eigenvalue weighted by Crippen LogP contribution is 2.05. The van der Waals surface area contributed by atoms with Crippen LogP contribution in [0.25, 0.3) is 0 Å². The molecule has 0 saturated carbocycles. The van der Waals surface area contributed by atoms with Crippen LogP contribution in [0, 0.1) is 5.92 Å². The summed E-state index contributed by atoms with van der Waals surface area (Å²) in [5.74, 6) is 0.272. The highest BCUT2D eigenvalue weighted by atomic mass is 16.5. The molecular weight excluding hydrogens is 154 g/mol. The lowest BCUT2D eigenvalue weighted by molar-refractivity contribution is -0.150. The zero-order valence-corrected chi connectivity index (χ0v) is 8.39. The van der Waals surface area contributed by atoms with E-state index in [0.29, 0.717) is 18.9 Å². The number of nitrogens with one attached hydrogen (secondary N) is 1. The van der Waals surface area contributed by atoms with Gasteiger partial charge in [0.05, 0.1) is 6.42 Å². The van der Waals surface area contributed by atoms with Gasteiger partial charge in [-0.2, -0.15) is 0 Å². The third kappa shape index (κ3) is 5.13. The number of carbonyl (C=O) groups excluding carboxylic acids is 1. The molecule has 1 N–H and O–H groups in total.